The van der Waals surface area contributed by atoms with E-state index in [1.807, 2.05) is 0 Å². The third-order valence-electron chi connectivity index (χ3n) is 14.0. The zero-order valence-electron chi connectivity index (χ0n) is 32.1. The van der Waals surface area contributed by atoms with Gasteiger partial charge in [0.15, 0.2) is 0 Å². The topological polar surface area (TPSA) is 0 Å². The molecule has 0 heterocycles. The van der Waals surface area contributed by atoms with Crippen molar-refractivity contribution in [2.45, 2.75) is 5.41 Å². The summed E-state index contributed by atoms with van der Waals surface area (Å²) < 4.78 is 0. The molecule has 0 nitrogen and oxygen atoms in total. The molecule has 0 atom stereocenters. The van der Waals surface area contributed by atoms with Gasteiger partial charge in [0.1, 0.15) is 0 Å². The molecule has 0 N–H and O–H groups in total. The number of rotatable bonds is 2. The van der Waals surface area contributed by atoms with Crippen molar-refractivity contribution in [1.29, 1.82) is 0 Å². The van der Waals surface area contributed by atoms with E-state index in [9.17, 15) is 0 Å². The largest absolute Gasteiger partial charge is 0.0731 e. The van der Waals surface area contributed by atoms with Gasteiger partial charge in [-0.3, -0.25) is 0 Å². The molecule has 14 rings (SSSR count). The number of hydrogen-bond acceptors (Lipinski definition) is 0. The molecule has 0 radical (unpaired) electrons. The Bertz CT molecular complexity index is 3680. The van der Waals surface area contributed by atoms with E-state index in [0.29, 0.717) is 0 Å². The Hall–Kier alpha value is -7.54. The third kappa shape index (κ3) is 3.85. The molecule has 0 heteroatoms. The van der Waals surface area contributed by atoms with Crippen LogP contribution < -0.4 is 0 Å². The number of hydrogen-bond donors (Lipinski definition) is 0. The first-order valence-corrected chi connectivity index (χ1v) is 20.8. The van der Waals surface area contributed by atoms with Crippen LogP contribution in [0.2, 0.25) is 0 Å². The molecule has 1 spiro atoms. The Morgan fingerprint density at radius 3 is 1.44 bits per heavy atom. The first kappa shape index (κ1) is 31.5. The van der Waals surface area contributed by atoms with E-state index in [0.717, 1.165) is 0 Å². The maximum atomic E-state index is 2.50. The minimum absolute atomic E-state index is 0.440. The highest BCUT2D eigenvalue weighted by Crippen LogP contribution is 2.66. The lowest BCUT2D eigenvalue weighted by Gasteiger charge is -2.32. The highest BCUT2D eigenvalue weighted by molar-refractivity contribution is 6.34. The van der Waals surface area contributed by atoms with Crippen molar-refractivity contribution in [2.24, 2.45) is 0 Å². The average Bonchev–Trinajstić information content (AvgIpc) is 3.78. The molecule has 0 unspecified atom stereocenters. The van der Waals surface area contributed by atoms with Gasteiger partial charge in [-0.1, -0.05) is 194 Å². The van der Waals surface area contributed by atoms with Crippen molar-refractivity contribution in [3.8, 4) is 44.5 Å². The Labute approximate surface area is 341 Å². The van der Waals surface area contributed by atoms with Crippen LogP contribution >= 0.6 is 0 Å². The summed E-state index contributed by atoms with van der Waals surface area (Å²) >= 11 is 0. The normalized spacial score (nSPS) is 13.6. The van der Waals surface area contributed by atoms with Crippen LogP contribution in [0.1, 0.15) is 22.3 Å². The lowest BCUT2D eigenvalue weighted by atomic mass is 9.68. The summed E-state index contributed by atoms with van der Waals surface area (Å²) in [5, 5.41) is 15.6. The van der Waals surface area contributed by atoms with Crippen LogP contribution in [-0.2, 0) is 5.41 Å². The Morgan fingerprint density at radius 1 is 0.254 bits per heavy atom. The maximum Gasteiger partial charge on any atom is 0.0731 e. The predicted octanol–water partition coefficient (Wildman–Crippen LogP) is 15.7. The van der Waals surface area contributed by atoms with Crippen molar-refractivity contribution < 1.29 is 0 Å². The summed E-state index contributed by atoms with van der Waals surface area (Å²) in [6.07, 6.45) is 0. The lowest BCUT2D eigenvalue weighted by Crippen LogP contribution is -2.26. The van der Waals surface area contributed by atoms with Crippen LogP contribution in [0.5, 0.6) is 0 Å². The lowest BCUT2D eigenvalue weighted by molar-refractivity contribution is 0.802. The maximum absolute atomic E-state index is 2.50. The van der Waals surface area contributed by atoms with Gasteiger partial charge in [0.2, 0.25) is 0 Å². The summed E-state index contributed by atoms with van der Waals surface area (Å²) in [5.74, 6) is 0. The molecule has 0 aromatic heterocycles. The summed E-state index contributed by atoms with van der Waals surface area (Å²) in [7, 11) is 0. The monoisotopic (exact) mass is 742 g/mol. The fourth-order valence-electron chi connectivity index (χ4n) is 11.8. The van der Waals surface area contributed by atoms with Gasteiger partial charge in [-0.2, -0.15) is 0 Å². The van der Waals surface area contributed by atoms with E-state index in [2.05, 4.69) is 206 Å². The highest BCUT2D eigenvalue weighted by atomic mass is 14.5. The van der Waals surface area contributed by atoms with Crippen LogP contribution in [0, 0.1) is 0 Å². The minimum atomic E-state index is -0.440. The SMILES string of the molecule is c1ccc2c(c1)-c1ccccc1C21c2ccccc2-c2c1c1cccc3c(-c4c5ccccc5c(-c5ccc6ccccc6c5)c5ccccc45)cc4cccc2c4c31. The Balaban J connectivity index is 1.15. The van der Waals surface area contributed by atoms with Crippen molar-refractivity contribution in [2.75, 3.05) is 0 Å². The molecule has 12 aromatic rings. The molecule has 2 aliphatic rings. The number of fused-ring (bicyclic) bond motifs is 15. The second kappa shape index (κ2) is 11.3. The van der Waals surface area contributed by atoms with Crippen LogP contribution in [0.25, 0.3) is 109 Å². The third-order valence-corrected chi connectivity index (χ3v) is 14.0. The van der Waals surface area contributed by atoms with Gasteiger partial charge in [0.25, 0.3) is 0 Å². The zero-order valence-corrected chi connectivity index (χ0v) is 32.1. The second-order valence-electron chi connectivity index (χ2n) is 16.6. The predicted molar refractivity (Wildman–Crippen MR) is 250 cm³/mol. The molecule has 0 amide bonds. The minimum Gasteiger partial charge on any atom is -0.0619 e. The van der Waals surface area contributed by atoms with E-state index in [1.165, 1.54) is 131 Å². The van der Waals surface area contributed by atoms with Crippen LogP contribution in [-0.4, -0.2) is 0 Å². The quantitative estimate of drug-likeness (QED) is 0.122. The van der Waals surface area contributed by atoms with Gasteiger partial charge >= 0.3 is 0 Å². The molecule has 0 bridgehead atoms. The van der Waals surface area contributed by atoms with Crippen molar-refractivity contribution in [1.82, 2.24) is 0 Å². The second-order valence-corrected chi connectivity index (χ2v) is 16.6. The van der Waals surface area contributed by atoms with Gasteiger partial charge < -0.3 is 0 Å². The van der Waals surface area contributed by atoms with Crippen molar-refractivity contribution >= 4 is 64.6 Å². The van der Waals surface area contributed by atoms with E-state index < -0.39 is 5.41 Å². The average molecular weight is 743 g/mol. The summed E-state index contributed by atoms with van der Waals surface area (Å²) in [6, 6.07) is 78.1. The van der Waals surface area contributed by atoms with Crippen LogP contribution in [0.3, 0.4) is 0 Å². The summed E-state index contributed by atoms with van der Waals surface area (Å²) in [5.41, 5.74) is 15.6. The van der Waals surface area contributed by atoms with Gasteiger partial charge in [0, 0.05) is 0 Å². The molecule has 12 aromatic carbocycles. The first-order valence-electron chi connectivity index (χ1n) is 20.8. The van der Waals surface area contributed by atoms with E-state index in [1.54, 1.807) is 0 Å². The Morgan fingerprint density at radius 2 is 0.746 bits per heavy atom. The van der Waals surface area contributed by atoms with Gasteiger partial charge in [0.05, 0.1) is 5.41 Å². The van der Waals surface area contributed by atoms with Crippen molar-refractivity contribution in [3.63, 3.8) is 0 Å². The standard InChI is InChI=1S/C59H34/c1-2-16-36-33-38(32-31-35(36)15-1)53-41-20-3-5-22-43(41)55(44-23-6-4-21-42(44)53)49-34-37-17-13-26-47-54(37)56-45(49)25-14-27-48(56)58-57(47)46-24-9-12-30-52(46)59(58)50-28-10-7-18-39(50)40-19-8-11-29-51(40)59/h1-34H. The van der Waals surface area contributed by atoms with Gasteiger partial charge in [-0.05, 0) is 144 Å². The fraction of sp³-hybridized carbons (Fsp3) is 0.0169. The molecule has 270 valence electrons. The van der Waals surface area contributed by atoms with Crippen molar-refractivity contribution in [3.05, 3.63) is 229 Å². The number of benzene rings is 12. The van der Waals surface area contributed by atoms with E-state index >= 15 is 0 Å². The fourth-order valence-corrected chi connectivity index (χ4v) is 11.8. The molecule has 0 saturated carbocycles. The molecule has 0 aliphatic heterocycles. The molecule has 2 aliphatic carbocycles. The Kier molecular flexibility index (Phi) is 6.05. The van der Waals surface area contributed by atoms with Gasteiger partial charge in [-0.25, -0.2) is 0 Å². The van der Waals surface area contributed by atoms with Gasteiger partial charge in [-0.15, -0.1) is 0 Å². The molecular weight excluding hydrogens is 709 g/mol. The summed E-state index contributed by atoms with van der Waals surface area (Å²) in [6.45, 7) is 0. The van der Waals surface area contributed by atoms with E-state index in [-0.39, 0.29) is 0 Å². The zero-order chi connectivity index (χ0) is 38.4. The van der Waals surface area contributed by atoms with Crippen LogP contribution in [0.15, 0.2) is 206 Å². The molecule has 0 saturated heterocycles. The summed E-state index contributed by atoms with van der Waals surface area (Å²) in [4.78, 5) is 0. The molecule has 0 fully saturated rings. The first-order chi connectivity index (χ1) is 29.3. The molecular formula is C59H34. The highest BCUT2D eigenvalue weighted by Gasteiger charge is 2.53. The smallest absolute Gasteiger partial charge is 0.0619 e. The van der Waals surface area contributed by atoms with Crippen LogP contribution in [0.4, 0.5) is 0 Å². The molecule has 59 heavy (non-hydrogen) atoms. The van der Waals surface area contributed by atoms with E-state index in [4.69, 9.17) is 0 Å².